The van der Waals surface area contributed by atoms with E-state index in [0.717, 1.165) is 60.8 Å². The van der Waals surface area contributed by atoms with E-state index in [2.05, 4.69) is 31.5 Å². The molecule has 1 saturated heterocycles. The molecule has 0 radical (unpaired) electrons. The number of anilines is 1. The Kier molecular flexibility index (Phi) is 5.32. The van der Waals surface area contributed by atoms with Gasteiger partial charge in [-0.1, -0.05) is 12.1 Å². The van der Waals surface area contributed by atoms with Crippen LogP contribution in [0.3, 0.4) is 0 Å². The third-order valence-corrected chi connectivity index (χ3v) is 4.58. The molecular formula is C20H23N5O2. The molecule has 1 fully saturated rings. The number of aromatic nitrogens is 2. The standard InChI is InChI=1S/C20H23N5O2/c1-26-19-7-6-15(12-16(19)14-25-8-10-27-11-9-25)13-21-24-20-22-17-4-2-3-5-18(17)23-20/h2-7,12-13H,8-11,14H2,1H3,(H2,22,23,24)/b21-13-. The fraction of sp³-hybridized carbons (Fsp3) is 0.300. The van der Waals surface area contributed by atoms with Crippen LogP contribution in [0.5, 0.6) is 5.75 Å². The van der Waals surface area contributed by atoms with Gasteiger partial charge in [0.25, 0.3) is 0 Å². The maximum Gasteiger partial charge on any atom is 0.222 e. The van der Waals surface area contributed by atoms with Crippen LogP contribution in [0.2, 0.25) is 0 Å². The van der Waals surface area contributed by atoms with E-state index in [4.69, 9.17) is 9.47 Å². The topological polar surface area (TPSA) is 74.8 Å². The molecule has 4 rings (SSSR count). The van der Waals surface area contributed by atoms with Crippen molar-refractivity contribution in [2.75, 3.05) is 38.8 Å². The molecule has 0 saturated carbocycles. The van der Waals surface area contributed by atoms with Crippen molar-refractivity contribution in [2.45, 2.75) is 6.54 Å². The third kappa shape index (κ3) is 4.27. The van der Waals surface area contributed by atoms with Gasteiger partial charge in [-0.2, -0.15) is 5.10 Å². The number of morpholine rings is 1. The van der Waals surface area contributed by atoms with E-state index in [1.165, 1.54) is 0 Å². The first-order chi connectivity index (χ1) is 13.3. The van der Waals surface area contributed by atoms with Crippen LogP contribution in [0.25, 0.3) is 11.0 Å². The summed E-state index contributed by atoms with van der Waals surface area (Å²) in [5.74, 6) is 1.51. The minimum absolute atomic E-state index is 0.620. The molecule has 1 aliphatic rings. The van der Waals surface area contributed by atoms with Gasteiger partial charge in [-0.05, 0) is 35.9 Å². The average molecular weight is 365 g/mol. The molecule has 1 aromatic heterocycles. The predicted molar refractivity (Wildman–Crippen MR) is 106 cm³/mol. The van der Waals surface area contributed by atoms with E-state index < -0.39 is 0 Å². The summed E-state index contributed by atoms with van der Waals surface area (Å²) in [6, 6.07) is 14.0. The summed E-state index contributed by atoms with van der Waals surface area (Å²) in [6.45, 7) is 4.28. The normalized spacial score (nSPS) is 15.4. The van der Waals surface area contributed by atoms with E-state index in [1.807, 2.05) is 36.4 Å². The molecule has 2 heterocycles. The van der Waals surface area contributed by atoms with Crippen LogP contribution >= 0.6 is 0 Å². The molecule has 1 aliphatic heterocycles. The van der Waals surface area contributed by atoms with Gasteiger partial charge in [-0.15, -0.1) is 0 Å². The number of hydrogen-bond acceptors (Lipinski definition) is 6. The third-order valence-electron chi connectivity index (χ3n) is 4.58. The number of para-hydroxylation sites is 2. The van der Waals surface area contributed by atoms with Gasteiger partial charge >= 0.3 is 0 Å². The van der Waals surface area contributed by atoms with Crippen molar-refractivity contribution in [3.63, 3.8) is 0 Å². The molecular weight excluding hydrogens is 342 g/mol. The Morgan fingerprint density at radius 3 is 2.93 bits per heavy atom. The zero-order chi connectivity index (χ0) is 18.5. The second-order valence-electron chi connectivity index (χ2n) is 6.43. The molecule has 0 aliphatic carbocycles. The first-order valence-electron chi connectivity index (χ1n) is 9.03. The highest BCUT2D eigenvalue weighted by Crippen LogP contribution is 2.21. The summed E-state index contributed by atoms with van der Waals surface area (Å²) in [7, 11) is 1.70. The molecule has 7 nitrogen and oxygen atoms in total. The number of imidazole rings is 1. The predicted octanol–water partition coefficient (Wildman–Crippen LogP) is 2.85. The minimum atomic E-state index is 0.620. The molecule has 0 spiro atoms. The fourth-order valence-corrected chi connectivity index (χ4v) is 3.18. The highest BCUT2D eigenvalue weighted by molar-refractivity contribution is 5.81. The van der Waals surface area contributed by atoms with Crippen molar-refractivity contribution in [2.24, 2.45) is 5.10 Å². The quantitative estimate of drug-likeness (QED) is 0.519. The summed E-state index contributed by atoms with van der Waals surface area (Å²) in [4.78, 5) is 10.0. The number of nitrogens with zero attached hydrogens (tertiary/aromatic N) is 3. The fourth-order valence-electron chi connectivity index (χ4n) is 3.18. The van der Waals surface area contributed by atoms with E-state index in [9.17, 15) is 0 Å². The van der Waals surface area contributed by atoms with Crippen molar-refractivity contribution in [3.05, 3.63) is 53.6 Å². The zero-order valence-electron chi connectivity index (χ0n) is 15.3. The number of rotatable bonds is 6. The molecule has 0 atom stereocenters. The summed E-state index contributed by atoms with van der Waals surface area (Å²) < 4.78 is 10.9. The largest absolute Gasteiger partial charge is 0.496 e. The number of fused-ring (bicyclic) bond motifs is 1. The Morgan fingerprint density at radius 2 is 2.11 bits per heavy atom. The molecule has 0 unspecified atom stereocenters. The number of hydrogen-bond donors (Lipinski definition) is 2. The van der Waals surface area contributed by atoms with Crippen LogP contribution in [0.15, 0.2) is 47.6 Å². The lowest BCUT2D eigenvalue weighted by Gasteiger charge is -2.27. The number of methoxy groups -OCH3 is 1. The minimum Gasteiger partial charge on any atom is -0.496 e. The monoisotopic (exact) mass is 365 g/mol. The summed E-state index contributed by atoms with van der Waals surface area (Å²) in [6.07, 6.45) is 1.79. The van der Waals surface area contributed by atoms with Gasteiger partial charge in [-0.3, -0.25) is 4.90 Å². The Labute approximate surface area is 158 Å². The molecule has 27 heavy (non-hydrogen) atoms. The van der Waals surface area contributed by atoms with Gasteiger partial charge in [0.1, 0.15) is 5.75 Å². The Morgan fingerprint density at radius 1 is 1.26 bits per heavy atom. The lowest BCUT2D eigenvalue weighted by atomic mass is 10.1. The number of aromatic amines is 1. The van der Waals surface area contributed by atoms with Crippen LogP contribution in [0, 0.1) is 0 Å². The van der Waals surface area contributed by atoms with Crippen LogP contribution in [-0.2, 0) is 11.3 Å². The van der Waals surface area contributed by atoms with Gasteiger partial charge in [-0.25, -0.2) is 10.4 Å². The van der Waals surface area contributed by atoms with Crippen molar-refractivity contribution in [3.8, 4) is 5.75 Å². The lowest BCUT2D eigenvalue weighted by molar-refractivity contribution is 0.0339. The summed E-state index contributed by atoms with van der Waals surface area (Å²) >= 11 is 0. The molecule has 2 aromatic carbocycles. The number of ether oxygens (including phenoxy) is 2. The van der Waals surface area contributed by atoms with Gasteiger partial charge in [0.15, 0.2) is 0 Å². The first-order valence-corrected chi connectivity index (χ1v) is 9.03. The Balaban J connectivity index is 1.45. The molecule has 0 bridgehead atoms. The molecule has 0 amide bonds. The van der Waals surface area contributed by atoms with Crippen molar-refractivity contribution in [1.82, 2.24) is 14.9 Å². The van der Waals surface area contributed by atoms with E-state index in [0.29, 0.717) is 5.95 Å². The van der Waals surface area contributed by atoms with E-state index in [-0.39, 0.29) is 0 Å². The van der Waals surface area contributed by atoms with Crippen LogP contribution in [0.1, 0.15) is 11.1 Å². The molecule has 7 heteroatoms. The summed E-state index contributed by atoms with van der Waals surface area (Å²) in [5.41, 5.74) is 6.99. The Hall–Kier alpha value is -2.90. The maximum absolute atomic E-state index is 5.52. The van der Waals surface area contributed by atoms with Crippen LogP contribution < -0.4 is 10.2 Å². The van der Waals surface area contributed by atoms with Crippen LogP contribution in [-0.4, -0.2) is 54.5 Å². The van der Waals surface area contributed by atoms with Crippen molar-refractivity contribution in [1.29, 1.82) is 0 Å². The molecule has 2 N–H and O–H groups in total. The molecule has 3 aromatic rings. The number of nitrogens with one attached hydrogen (secondary N) is 2. The molecule has 140 valence electrons. The Bertz CT molecular complexity index is 898. The second kappa shape index (κ2) is 8.20. The SMILES string of the molecule is COc1ccc(/C=N\Nc2nc3ccccc3[nH]2)cc1CN1CCOCC1. The average Bonchev–Trinajstić information content (AvgIpc) is 3.12. The van der Waals surface area contributed by atoms with Crippen molar-refractivity contribution >= 4 is 23.2 Å². The van der Waals surface area contributed by atoms with E-state index in [1.54, 1.807) is 13.3 Å². The van der Waals surface area contributed by atoms with Crippen molar-refractivity contribution < 1.29 is 9.47 Å². The maximum atomic E-state index is 5.52. The lowest BCUT2D eigenvalue weighted by Crippen LogP contribution is -2.35. The number of H-pyrrole nitrogens is 1. The second-order valence-corrected chi connectivity index (χ2v) is 6.43. The van der Waals surface area contributed by atoms with Crippen LogP contribution in [0.4, 0.5) is 5.95 Å². The van der Waals surface area contributed by atoms with Gasteiger partial charge in [0, 0.05) is 25.2 Å². The number of hydrazone groups is 1. The summed E-state index contributed by atoms with van der Waals surface area (Å²) in [5, 5.41) is 4.31. The van der Waals surface area contributed by atoms with E-state index >= 15 is 0 Å². The van der Waals surface area contributed by atoms with Gasteiger partial charge in [0.05, 0.1) is 37.6 Å². The number of benzene rings is 2. The first kappa shape index (κ1) is 17.5. The van der Waals surface area contributed by atoms with Gasteiger partial charge in [0.2, 0.25) is 5.95 Å². The highest BCUT2D eigenvalue weighted by Gasteiger charge is 2.13. The van der Waals surface area contributed by atoms with Gasteiger partial charge < -0.3 is 14.5 Å². The smallest absolute Gasteiger partial charge is 0.222 e. The zero-order valence-corrected chi connectivity index (χ0v) is 15.3. The highest BCUT2D eigenvalue weighted by atomic mass is 16.5.